The Morgan fingerprint density at radius 3 is 2.26 bits per heavy atom. The molecule has 2 nitrogen and oxygen atoms in total. The van der Waals surface area contributed by atoms with E-state index in [0.29, 0.717) is 12.4 Å². The second-order valence-corrected chi connectivity index (χ2v) is 4.94. The molecule has 0 amide bonds. The van der Waals surface area contributed by atoms with Crippen molar-refractivity contribution in [3.63, 3.8) is 0 Å². The monoisotopic (exact) mass is 268 g/mol. The first kappa shape index (κ1) is 15.8. The van der Waals surface area contributed by atoms with Crippen LogP contribution in [0.3, 0.4) is 0 Å². The average Bonchev–Trinajstić information content (AvgIpc) is 2.41. The van der Waals surface area contributed by atoms with Gasteiger partial charge in [-0.3, -0.25) is 0 Å². The molecule has 0 fully saturated rings. The molecule has 0 atom stereocenters. The summed E-state index contributed by atoms with van der Waals surface area (Å²) >= 11 is 0. The number of halogens is 1. The second-order valence-electron chi connectivity index (χ2n) is 4.94. The number of hydrogen-bond acceptors (Lipinski definition) is 2. The maximum Gasteiger partial charge on any atom is 0.165 e. The molecule has 0 bridgehead atoms. The predicted octanol–water partition coefficient (Wildman–Crippen LogP) is 5.05. The van der Waals surface area contributed by atoms with E-state index >= 15 is 0 Å². The quantitative estimate of drug-likeness (QED) is 0.602. The molecule has 1 aromatic carbocycles. The third kappa shape index (κ3) is 7.04. The van der Waals surface area contributed by atoms with Crippen molar-refractivity contribution in [2.24, 2.45) is 0 Å². The van der Waals surface area contributed by atoms with E-state index in [1.54, 1.807) is 6.07 Å². The van der Waals surface area contributed by atoms with E-state index in [9.17, 15) is 9.50 Å². The van der Waals surface area contributed by atoms with Crippen LogP contribution < -0.4 is 4.74 Å². The Labute approximate surface area is 115 Å². The molecule has 3 heteroatoms. The minimum Gasteiger partial charge on any atom is -0.505 e. The number of unbranched alkanes of at least 4 members (excludes halogenated alkanes) is 7. The van der Waals surface area contributed by atoms with Gasteiger partial charge in [-0.25, -0.2) is 4.39 Å². The molecular weight excluding hydrogens is 243 g/mol. The summed E-state index contributed by atoms with van der Waals surface area (Å²) in [6.45, 7) is 2.85. The van der Waals surface area contributed by atoms with Crippen LogP contribution in [0, 0.1) is 5.82 Å². The van der Waals surface area contributed by atoms with Crippen molar-refractivity contribution in [2.45, 2.75) is 58.3 Å². The van der Waals surface area contributed by atoms with Crippen molar-refractivity contribution in [1.29, 1.82) is 0 Å². The number of phenols is 1. The van der Waals surface area contributed by atoms with E-state index in [2.05, 4.69) is 6.92 Å². The SMILES string of the molecule is CCCCCCCCCCOc1ccc(F)c(O)c1. The lowest BCUT2D eigenvalue weighted by molar-refractivity contribution is 0.301. The summed E-state index contributed by atoms with van der Waals surface area (Å²) < 4.78 is 18.3. The molecule has 19 heavy (non-hydrogen) atoms. The van der Waals surface area contributed by atoms with Crippen LogP contribution >= 0.6 is 0 Å². The average molecular weight is 268 g/mol. The summed E-state index contributed by atoms with van der Waals surface area (Å²) in [6, 6.07) is 4.08. The Hall–Kier alpha value is -1.25. The van der Waals surface area contributed by atoms with Crippen molar-refractivity contribution in [3.8, 4) is 11.5 Å². The zero-order valence-corrected chi connectivity index (χ0v) is 11.8. The van der Waals surface area contributed by atoms with Crippen LogP contribution in [-0.4, -0.2) is 11.7 Å². The van der Waals surface area contributed by atoms with E-state index in [1.165, 1.54) is 57.1 Å². The summed E-state index contributed by atoms with van der Waals surface area (Å²) in [7, 11) is 0. The highest BCUT2D eigenvalue weighted by atomic mass is 19.1. The fraction of sp³-hybridized carbons (Fsp3) is 0.625. The summed E-state index contributed by atoms with van der Waals surface area (Å²) in [6.07, 6.45) is 10.0. The Kier molecular flexibility index (Phi) is 8.03. The summed E-state index contributed by atoms with van der Waals surface area (Å²) in [4.78, 5) is 0. The van der Waals surface area contributed by atoms with E-state index in [1.807, 2.05) is 0 Å². The Morgan fingerprint density at radius 1 is 1.00 bits per heavy atom. The Balaban J connectivity index is 2.00. The number of benzene rings is 1. The lowest BCUT2D eigenvalue weighted by Gasteiger charge is -2.06. The lowest BCUT2D eigenvalue weighted by atomic mass is 10.1. The normalized spacial score (nSPS) is 10.6. The minimum absolute atomic E-state index is 0.353. The zero-order valence-electron chi connectivity index (χ0n) is 11.8. The molecule has 0 heterocycles. The van der Waals surface area contributed by atoms with E-state index in [0.717, 1.165) is 6.42 Å². The van der Waals surface area contributed by atoms with Crippen molar-refractivity contribution < 1.29 is 14.2 Å². The highest BCUT2D eigenvalue weighted by Gasteiger charge is 2.01. The number of rotatable bonds is 10. The second kappa shape index (κ2) is 9.65. The molecule has 0 aliphatic carbocycles. The molecule has 0 aromatic heterocycles. The van der Waals surface area contributed by atoms with Gasteiger partial charge in [0.05, 0.1) is 6.61 Å². The van der Waals surface area contributed by atoms with Crippen molar-refractivity contribution in [2.75, 3.05) is 6.61 Å². The van der Waals surface area contributed by atoms with Gasteiger partial charge in [0, 0.05) is 6.07 Å². The molecule has 0 aliphatic heterocycles. The maximum absolute atomic E-state index is 12.8. The Bertz CT molecular complexity index is 353. The van der Waals surface area contributed by atoms with Crippen LogP contribution in [0.5, 0.6) is 11.5 Å². The smallest absolute Gasteiger partial charge is 0.165 e. The lowest BCUT2D eigenvalue weighted by Crippen LogP contribution is -1.97. The van der Waals surface area contributed by atoms with Crippen LogP contribution in [0.4, 0.5) is 4.39 Å². The zero-order chi connectivity index (χ0) is 13.9. The third-order valence-electron chi connectivity index (χ3n) is 3.18. The van der Waals surface area contributed by atoms with Gasteiger partial charge in [-0.2, -0.15) is 0 Å². The fourth-order valence-electron chi connectivity index (χ4n) is 2.01. The third-order valence-corrected chi connectivity index (χ3v) is 3.18. The standard InChI is InChI=1S/C16H25FO2/c1-2-3-4-5-6-7-8-9-12-19-14-10-11-15(17)16(18)13-14/h10-11,13,18H,2-9,12H2,1H3. The molecule has 0 spiro atoms. The van der Waals surface area contributed by atoms with Gasteiger partial charge in [-0.1, -0.05) is 51.9 Å². The highest BCUT2D eigenvalue weighted by Crippen LogP contribution is 2.22. The number of aromatic hydroxyl groups is 1. The van der Waals surface area contributed by atoms with Gasteiger partial charge in [0.15, 0.2) is 11.6 Å². The summed E-state index contributed by atoms with van der Waals surface area (Å²) in [5.41, 5.74) is 0. The van der Waals surface area contributed by atoms with Gasteiger partial charge in [0.1, 0.15) is 5.75 Å². The van der Waals surface area contributed by atoms with E-state index in [-0.39, 0.29) is 5.75 Å². The van der Waals surface area contributed by atoms with Gasteiger partial charge in [-0.05, 0) is 18.6 Å². The summed E-state index contributed by atoms with van der Waals surface area (Å²) in [5, 5.41) is 9.19. The topological polar surface area (TPSA) is 29.5 Å². The molecule has 0 unspecified atom stereocenters. The molecule has 1 N–H and O–H groups in total. The fourth-order valence-corrected chi connectivity index (χ4v) is 2.01. The van der Waals surface area contributed by atoms with Crippen molar-refractivity contribution >= 4 is 0 Å². The number of phenolic OH excluding ortho intramolecular Hbond substituents is 1. The molecule has 0 saturated carbocycles. The van der Waals surface area contributed by atoms with Crippen molar-refractivity contribution in [1.82, 2.24) is 0 Å². The van der Waals surface area contributed by atoms with Gasteiger partial charge in [-0.15, -0.1) is 0 Å². The highest BCUT2D eigenvalue weighted by molar-refractivity contribution is 5.33. The van der Waals surface area contributed by atoms with Gasteiger partial charge < -0.3 is 9.84 Å². The molecular formula is C16H25FO2. The predicted molar refractivity (Wildman–Crippen MR) is 76.2 cm³/mol. The first-order chi connectivity index (χ1) is 9.24. The molecule has 108 valence electrons. The van der Waals surface area contributed by atoms with Gasteiger partial charge in [0.2, 0.25) is 0 Å². The molecule has 0 saturated heterocycles. The van der Waals surface area contributed by atoms with Crippen molar-refractivity contribution in [3.05, 3.63) is 24.0 Å². The largest absolute Gasteiger partial charge is 0.505 e. The van der Waals surface area contributed by atoms with Crippen LogP contribution in [0.15, 0.2) is 18.2 Å². The number of ether oxygens (including phenoxy) is 1. The van der Waals surface area contributed by atoms with Crippen LogP contribution in [0.1, 0.15) is 58.3 Å². The first-order valence-electron chi connectivity index (χ1n) is 7.35. The molecule has 1 rings (SSSR count). The first-order valence-corrected chi connectivity index (χ1v) is 7.35. The van der Waals surface area contributed by atoms with Gasteiger partial charge >= 0.3 is 0 Å². The molecule has 0 radical (unpaired) electrons. The van der Waals surface area contributed by atoms with Gasteiger partial charge in [0.25, 0.3) is 0 Å². The minimum atomic E-state index is -0.612. The Morgan fingerprint density at radius 2 is 1.63 bits per heavy atom. The molecule has 0 aliphatic rings. The van der Waals surface area contributed by atoms with Crippen LogP contribution in [0.2, 0.25) is 0 Å². The number of hydrogen-bond donors (Lipinski definition) is 1. The van der Waals surface area contributed by atoms with Crippen LogP contribution in [-0.2, 0) is 0 Å². The van der Waals surface area contributed by atoms with E-state index in [4.69, 9.17) is 4.74 Å². The molecule has 1 aromatic rings. The summed E-state index contributed by atoms with van der Waals surface area (Å²) in [5.74, 6) is -0.435. The van der Waals surface area contributed by atoms with E-state index < -0.39 is 5.82 Å². The maximum atomic E-state index is 12.8. The van der Waals surface area contributed by atoms with Crippen LogP contribution in [0.25, 0.3) is 0 Å².